The van der Waals surface area contributed by atoms with Gasteiger partial charge in [0.1, 0.15) is 27.4 Å². The van der Waals surface area contributed by atoms with E-state index in [4.69, 9.17) is 9.47 Å². The van der Waals surface area contributed by atoms with Gasteiger partial charge in [-0.1, -0.05) is 0 Å². The van der Waals surface area contributed by atoms with Crippen molar-refractivity contribution in [1.82, 2.24) is 20.3 Å². The Hall–Kier alpha value is -4.56. The Morgan fingerprint density at radius 1 is 1.02 bits per heavy atom. The van der Waals surface area contributed by atoms with Gasteiger partial charge in [-0.15, -0.1) is 11.3 Å². The van der Waals surface area contributed by atoms with Gasteiger partial charge in [0.05, 0.1) is 28.2 Å². The number of piperazine rings is 1. The molecule has 0 radical (unpaired) electrons. The SMILES string of the molecule is CCOc1nc(N2CCNCC2)nc2c1sc1nc(-c3ccc(OCc4ccc([N+](=O)[O-])cc4)cc3)cc(C(F)(F)F)c12. The quantitative estimate of drug-likeness (QED) is 0.161. The predicted molar refractivity (Wildman–Crippen MR) is 157 cm³/mol. The van der Waals surface area contributed by atoms with Gasteiger partial charge in [-0.05, 0) is 55.0 Å². The van der Waals surface area contributed by atoms with Crippen LogP contribution in [0, 0.1) is 10.1 Å². The summed E-state index contributed by atoms with van der Waals surface area (Å²) >= 11 is 1.08. The monoisotopic (exact) mass is 610 g/mol. The first-order valence-electron chi connectivity index (χ1n) is 13.5. The Balaban J connectivity index is 1.36. The summed E-state index contributed by atoms with van der Waals surface area (Å²) in [6, 6.07) is 13.6. The third-order valence-corrected chi connectivity index (χ3v) is 7.99. The number of ether oxygens (including phenoxy) is 2. The van der Waals surface area contributed by atoms with Crippen molar-refractivity contribution in [1.29, 1.82) is 0 Å². The highest BCUT2D eigenvalue weighted by atomic mass is 32.1. The minimum absolute atomic E-state index is 0.0180. The molecule has 3 aromatic heterocycles. The Bertz CT molecular complexity index is 1790. The second kappa shape index (κ2) is 11.6. The summed E-state index contributed by atoms with van der Waals surface area (Å²) in [6.45, 7) is 4.95. The van der Waals surface area contributed by atoms with Gasteiger partial charge in [0.2, 0.25) is 11.8 Å². The average Bonchev–Trinajstić information content (AvgIpc) is 3.39. The highest BCUT2D eigenvalue weighted by Crippen LogP contribution is 2.45. The Kier molecular flexibility index (Phi) is 7.71. The van der Waals surface area contributed by atoms with E-state index >= 15 is 0 Å². The fourth-order valence-corrected chi connectivity index (χ4v) is 5.90. The second-order valence-electron chi connectivity index (χ2n) is 9.75. The van der Waals surface area contributed by atoms with E-state index in [1.807, 2.05) is 4.90 Å². The fourth-order valence-electron chi connectivity index (χ4n) is 4.82. The van der Waals surface area contributed by atoms with Gasteiger partial charge in [0.15, 0.2) is 0 Å². The van der Waals surface area contributed by atoms with Gasteiger partial charge in [-0.25, -0.2) is 9.97 Å². The molecule has 1 fully saturated rings. The van der Waals surface area contributed by atoms with Gasteiger partial charge in [0.25, 0.3) is 5.69 Å². The van der Waals surface area contributed by atoms with Crippen LogP contribution in [0.3, 0.4) is 0 Å². The number of halogens is 3. The predicted octanol–water partition coefficient (Wildman–Crippen LogP) is 6.22. The third kappa shape index (κ3) is 5.88. The molecule has 2 aromatic carbocycles. The lowest BCUT2D eigenvalue weighted by atomic mass is 10.1. The molecule has 0 saturated carbocycles. The van der Waals surface area contributed by atoms with Crippen molar-refractivity contribution < 1.29 is 27.6 Å². The summed E-state index contributed by atoms with van der Waals surface area (Å²) in [5.41, 5.74) is 0.691. The Morgan fingerprint density at radius 2 is 1.74 bits per heavy atom. The molecular formula is C29H25F3N6O4S. The first-order chi connectivity index (χ1) is 20.7. The number of alkyl halides is 3. The highest BCUT2D eigenvalue weighted by molar-refractivity contribution is 7.25. The van der Waals surface area contributed by atoms with E-state index in [9.17, 15) is 23.3 Å². The van der Waals surface area contributed by atoms with Crippen molar-refractivity contribution in [3.05, 3.63) is 75.8 Å². The van der Waals surface area contributed by atoms with Crippen LogP contribution in [0.2, 0.25) is 0 Å². The second-order valence-corrected chi connectivity index (χ2v) is 10.7. The average molecular weight is 611 g/mol. The van der Waals surface area contributed by atoms with Crippen LogP contribution < -0.4 is 19.7 Å². The van der Waals surface area contributed by atoms with Crippen molar-refractivity contribution in [3.8, 4) is 22.9 Å². The number of hydrogen-bond acceptors (Lipinski definition) is 10. The lowest BCUT2D eigenvalue weighted by molar-refractivity contribution is -0.384. The van der Waals surface area contributed by atoms with Crippen LogP contribution in [0.5, 0.6) is 11.6 Å². The molecule has 0 aliphatic carbocycles. The molecule has 1 aliphatic heterocycles. The van der Waals surface area contributed by atoms with Crippen molar-refractivity contribution in [2.24, 2.45) is 0 Å². The van der Waals surface area contributed by atoms with Crippen molar-refractivity contribution in [2.45, 2.75) is 19.7 Å². The first kappa shape index (κ1) is 28.6. The normalized spacial score (nSPS) is 13.9. The summed E-state index contributed by atoms with van der Waals surface area (Å²) in [4.78, 5) is 26.3. The summed E-state index contributed by atoms with van der Waals surface area (Å²) in [7, 11) is 0. The fraction of sp³-hybridized carbons (Fsp3) is 0.276. The lowest BCUT2D eigenvalue weighted by Gasteiger charge is -2.27. The number of thiophene rings is 1. The van der Waals surface area contributed by atoms with Gasteiger partial charge in [-0.3, -0.25) is 10.1 Å². The smallest absolute Gasteiger partial charge is 0.417 e. The molecule has 6 rings (SSSR count). The standard InChI is InChI=1S/C29H25F3N6O4S/c1-2-41-26-25-24(35-28(36-26)37-13-11-33-12-14-37)23-21(29(30,31)32)15-22(34-27(23)43-25)18-5-9-20(10-6-18)42-16-17-3-7-19(8-4-17)38(39)40/h3-10,15,33H,2,11-14,16H2,1H3. The first-order valence-corrected chi connectivity index (χ1v) is 14.3. The molecule has 10 nitrogen and oxygen atoms in total. The number of rotatable bonds is 8. The van der Waals surface area contributed by atoms with Crippen LogP contribution in [-0.2, 0) is 12.8 Å². The van der Waals surface area contributed by atoms with E-state index < -0.39 is 16.7 Å². The number of anilines is 1. The van der Waals surface area contributed by atoms with Crippen LogP contribution in [0.4, 0.5) is 24.8 Å². The molecule has 1 saturated heterocycles. The van der Waals surface area contributed by atoms with Crippen LogP contribution in [-0.4, -0.2) is 52.7 Å². The van der Waals surface area contributed by atoms with Crippen molar-refractivity contribution in [2.75, 3.05) is 37.7 Å². The van der Waals surface area contributed by atoms with E-state index in [1.54, 1.807) is 43.3 Å². The Morgan fingerprint density at radius 3 is 2.40 bits per heavy atom. The van der Waals surface area contributed by atoms with Gasteiger partial charge >= 0.3 is 6.18 Å². The van der Waals surface area contributed by atoms with E-state index in [2.05, 4.69) is 20.3 Å². The topological polar surface area (TPSA) is 116 Å². The molecule has 4 heterocycles. The van der Waals surface area contributed by atoms with E-state index in [0.29, 0.717) is 41.7 Å². The maximum atomic E-state index is 14.5. The minimum Gasteiger partial charge on any atom is -0.489 e. The number of hydrogen-bond donors (Lipinski definition) is 1. The molecule has 1 aliphatic rings. The summed E-state index contributed by atoms with van der Waals surface area (Å²) < 4.78 is 55.6. The number of fused-ring (bicyclic) bond motifs is 3. The molecule has 5 aromatic rings. The molecule has 1 N–H and O–H groups in total. The van der Waals surface area contributed by atoms with Gasteiger partial charge in [0, 0.05) is 43.9 Å². The summed E-state index contributed by atoms with van der Waals surface area (Å²) in [5, 5.41) is 14.0. The largest absolute Gasteiger partial charge is 0.489 e. The zero-order valence-electron chi connectivity index (χ0n) is 22.8. The zero-order valence-corrected chi connectivity index (χ0v) is 23.7. The van der Waals surface area contributed by atoms with Crippen molar-refractivity contribution in [3.63, 3.8) is 0 Å². The number of non-ortho nitro benzene ring substituents is 1. The lowest BCUT2D eigenvalue weighted by Crippen LogP contribution is -2.44. The van der Waals surface area contributed by atoms with E-state index in [-0.39, 0.29) is 39.6 Å². The molecule has 0 unspecified atom stereocenters. The maximum Gasteiger partial charge on any atom is 0.417 e. The number of nitrogens with zero attached hydrogens (tertiary/aromatic N) is 5. The number of nitro groups is 1. The van der Waals surface area contributed by atoms with Crippen LogP contribution >= 0.6 is 11.3 Å². The third-order valence-electron chi connectivity index (χ3n) is 6.93. The molecule has 0 atom stereocenters. The Labute approximate surface area is 247 Å². The van der Waals surface area contributed by atoms with Gasteiger partial charge in [-0.2, -0.15) is 18.2 Å². The number of aromatic nitrogens is 3. The van der Waals surface area contributed by atoms with Crippen LogP contribution in [0.25, 0.3) is 31.7 Å². The molecule has 43 heavy (non-hydrogen) atoms. The molecular weight excluding hydrogens is 585 g/mol. The van der Waals surface area contributed by atoms with Crippen molar-refractivity contribution >= 4 is 43.4 Å². The molecule has 0 amide bonds. The van der Waals surface area contributed by atoms with E-state index in [1.165, 1.54) is 12.1 Å². The molecule has 222 valence electrons. The molecule has 0 spiro atoms. The molecule has 0 bridgehead atoms. The number of nitrogens with one attached hydrogen (secondary N) is 1. The summed E-state index contributed by atoms with van der Waals surface area (Å²) in [5.74, 6) is 1.06. The zero-order chi connectivity index (χ0) is 30.1. The van der Waals surface area contributed by atoms with Crippen LogP contribution in [0.1, 0.15) is 18.1 Å². The number of pyridine rings is 1. The van der Waals surface area contributed by atoms with E-state index in [0.717, 1.165) is 36.1 Å². The minimum atomic E-state index is -4.66. The van der Waals surface area contributed by atoms with Gasteiger partial charge < -0.3 is 19.7 Å². The molecule has 14 heteroatoms. The highest BCUT2D eigenvalue weighted by Gasteiger charge is 2.36. The van der Waals surface area contributed by atoms with Crippen LogP contribution in [0.15, 0.2) is 54.6 Å². The number of benzene rings is 2. The summed E-state index contributed by atoms with van der Waals surface area (Å²) in [6.07, 6.45) is -4.66. The maximum absolute atomic E-state index is 14.5. The number of nitro benzene ring substituents is 1.